The van der Waals surface area contributed by atoms with Crippen molar-refractivity contribution in [3.8, 4) is 0 Å². The molecule has 2 heterocycles. The summed E-state index contributed by atoms with van der Waals surface area (Å²) < 4.78 is 16.6. The molecule has 30 heavy (non-hydrogen) atoms. The van der Waals surface area contributed by atoms with Gasteiger partial charge >= 0.3 is 5.97 Å². The van der Waals surface area contributed by atoms with E-state index in [1.165, 1.54) is 4.90 Å². The fourth-order valence-corrected chi connectivity index (χ4v) is 3.74. The van der Waals surface area contributed by atoms with Gasteiger partial charge < -0.3 is 19.3 Å². The topological polar surface area (TPSA) is 97.7 Å². The number of ether oxygens (including phenoxy) is 3. The van der Waals surface area contributed by atoms with Crippen LogP contribution in [0, 0.1) is 5.41 Å². The number of hydrogen-bond acceptors (Lipinski definition) is 7. The Morgan fingerprint density at radius 3 is 2.57 bits per heavy atom. The molecule has 0 aromatic heterocycles. The highest BCUT2D eigenvalue weighted by molar-refractivity contribution is 6.25. The minimum Gasteiger partial charge on any atom is -0.508 e. The van der Waals surface area contributed by atoms with E-state index in [-0.39, 0.29) is 24.5 Å². The fraction of sp³-hybridized carbons (Fsp3) is 0.773. The number of rotatable bonds is 10. The Hall–Kier alpha value is -1.93. The van der Waals surface area contributed by atoms with E-state index in [1.54, 1.807) is 13.8 Å². The van der Waals surface area contributed by atoms with Crippen LogP contribution in [0.5, 0.6) is 0 Å². The third kappa shape index (κ3) is 4.54. The normalized spacial score (nSPS) is 24.6. The molecule has 0 radical (unpaired) electrons. The summed E-state index contributed by atoms with van der Waals surface area (Å²) in [7, 11) is 0. The van der Waals surface area contributed by atoms with Crippen LogP contribution in [-0.2, 0) is 23.8 Å². The highest BCUT2D eigenvalue weighted by atomic mass is 16.6. The number of nitrogens with zero attached hydrogens (tertiary/aromatic N) is 2. The number of carbonyl (C=O) groups excluding carboxylic acids is 2. The summed E-state index contributed by atoms with van der Waals surface area (Å²) in [5.74, 6) is -1.48. The van der Waals surface area contributed by atoms with Crippen LogP contribution >= 0.6 is 0 Å². The summed E-state index contributed by atoms with van der Waals surface area (Å²) in [6.07, 6.45) is 2.16. The maximum atomic E-state index is 13.3. The first kappa shape index (κ1) is 24.3. The van der Waals surface area contributed by atoms with E-state index >= 15 is 0 Å². The average Bonchev–Trinajstić information content (AvgIpc) is 3.17. The molecule has 1 fully saturated rings. The quantitative estimate of drug-likeness (QED) is 0.329. The zero-order valence-electron chi connectivity index (χ0n) is 19.1. The summed E-state index contributed by atoms with van der Waals surface area (Å²) in [6, 6.07) is 0. The number of unbranched alkanes of at least 4 members (excludes halogenated alkanes) is 1. The number of aliphatic hydroxyl groups is 1. The number of aliphatic imine (C=N–C) groups is 1. The van der Waals surface area contributed by atoms with Crippen LogP contribution in [0.25, 0.3) is 0 Å². The third-order valence-electron chi connectivity index (χ3n) is 5.31. The van der Waals surface area contributed by atoms with Crippen molar-refractivity contribution < 1.29 is 28.9 Å². The van der Waals surface area contributed by atoms with Gasteiger partial charge in [-0.05, 0) is 26.7 Å². The van der Waals surface area contributed by atoms with Crippen molar-refractivity contribution in [1.82, 2.24) is 4.90 Å². The minimum absolute atomic E-state index is 0.0625. The SMILES string of the molecule is CCCCOCCCN=C(C)C1=C(O)[C@@]2(C(=O)OCC)CO[C@H](C(C)(C)C)N2C1=O. The summed E-state index contributed by atoms with van der Waals surface area (Å²) in [5.41, 5.74) is -1.65. The lowest BCUT2D eigenvalue weighted by atomic mass is 9.91. The molecule has 2 aliphatic rings. The molecular formula is C22H36N2O6. The molecule has 0 aliphatic carbocycles. The van der Waals surface area contributed by atoms with Gasteiger partial charge in [-0.25, -0.2) is 4.79 Å². The van der Waals surface area contributed by atoms with Crippen molar-refractivity contribution in [3.05, 3.63) is 11.3 Å². The van der Waals surface area contributed by atoms with Gasteiger partial charge in [0.2, 0.25) is 5.54 Å². The van der Waals surface area contributed by atoms with E-state index in [0.29, 0.717) is 25.3 Å². The first-order valence-electron chi connectivity index (χ1n) is 10.8. The number of amides is 1. The number of aliphatic hydroxyl groups excluding tert-OH is 1. The second-order valence-corrected chi connectivity index (χ2v) is 8.80. The predicted octanol–water partition coefficient (Wildman–Crippen LogP) is 3.01. The highest BCUT2D eigenvalue weighted by Crippen LogP contribution is 2.46. The first-order valence-corrected chi connectivity index (χ1v) is 10.8. The smallest absolute Gasteiger partial charge is 0.342 e. The Labute approximate surface area is 179 Å². The van der Waals surface area contributed by atoms with Crippen LogP contribution in [-0.4, -0.2) is 72.3 Å². The van der Waals surface area contributed by atoms with Gasteiger partial charge in [0.05, 0.1) is 13.2 Å². The molecule has 0 unspecified atom stereocenters. The Kier molecular flexibility index (Phi) is 8.05. The van der Waals surface area contributed by atoms with Crippen molar-refractivity contribution in [3.63, 3.8) is 0 Å². The van der Waals surface area contributed by atoms with Gasteiger partial charge in [0, 0.05) is 30.9 Å². The zero-order chi connectivity index (χ0) is 22.5. The molecule has 1 amide bonds. The molecule has 1 saturated heterocycles. The lowest BCUT2D eigenvalue weighted by Gasteiger charge is -2.36. The molecule has 2 rings (SSSR count). The zero-order valence-corrected chi connectivity index (χ0v) is 19.1. The van der Waals surface area contributed by atoms with E-state index in [9.17, 15) is 14.7 Å². The molecule has 0 bridgehead atoms. The van der Waals surface area contributed by atoms with Crippen LogP contribution in [0.3, 0.4) is 0 Å². The second-order valence-electron chi connectivity index (χ2n) is 8.80. The molecule has 0 spiro atoms. The van der Waals surface area contributed by atoms with Crippen molar-refractivity contribution in [2.45, 2.75) is 72.6 Å². The van der Waals surface area contributed by atoms with Crippen LogP contribution in [0.1, 0.15) is 60.8 Å². The lowest BCUT2D eigenvalue weighted by Crippen LogP contribution is -2.57. The summed E-state index contributed by atoms with van der Waals surface area (Å²) in [5, 5.41) is 11.1. The molecule has 2 atom stereocenters. The Morgan fingerprint density at radius 1 is 1.30 bits per heavy atom. The summed E-state index contributed by atoms with van der Waals surface area (Å²) >= 11 is 0. The highest BCUT2D eigenvalue weighted by Gasteiger charge is 2.67. The van der Waals surface area contributed by atoms with Crippen LogP contribution in [0.15, 0.2) is 16.3 Å². The standard InChI is InChI=1S/C22H36N2O6/c1-7-9-12-28-13-10-11-23-15(3)16-17(25)22(20(27)29-8-2)14-30-19(21(4,5)6)24(22)18(16)26/h19,25H,7-14H2,1-6H3/t19-,22-/m1/s1. The lowest BCUT2D eigenvalue weighted by molar-refractivity contribution is -0.160. The molecular weight excluding hydrogens is 388 g/mol. The maximum Gasteiger partial charge on any atom is 0.342 e. The molecule has 0 saturated carbocycles. The summed E-state index contributed by atoms with van der Waals surface area (Å²) in [6.45, 7) is 13.0. The van der Waals surface area contributed by atoms with Crippen molar-refractivity contribution >= 4 is 17.6 Å². The number of esters is 1. The van der Waals surface area contributed by atoms with E-state index in [0.717, 1.165) is 19.4 Å². The van der Waals surface area contributed by atoms with E-state index in [1.807, 2.05) is 20.8 Å². The second kappa shape index (κ2) is 9.92. The molecule has 1 N–H and O–H groups in total. The molecule has 0 aromatic carbocycles. The number of carbonyl (C=O) groups is 2. The number of hydrogen-bond donors (Lipinski definition) is 1. The largest absolute Gasteiger partial charge is 0.508 e. The van der Waals surface area contributed by atoms with E-state index in [4.69, 9.17) is 14.2 Å². The van der Waals surface area contributed by atoms with Crippen LogP contribution in [0.4, 0.5) is 0 Å². The Morgan fingerprint density at radius 2 is 1.97 bits per heavy atom. The van der Waals surface area contributed by atoms with Crippen molar-refractivity contribution in [1.29, 1.82) is 0 Å². The summed E-state index contributed by atoms with van der Waals surface area (Å²) in [4.78, 5) is 32.0. The van der Waals surface area contributed by atoms with Gasteiger partial charge in [0.15, 0.2) is 0 Å². The van der Waals surface area contributed by atoms with Crippen LogP contribution < -0.4 is 0 Å². The van der Waals surface area contributed by atoms with Gasteiger partial charge in [0.1, 0.15) is 17.6 Å². The molecule has 2 aliphatic heterocycles. The molecule has 170 valence electrons. The van der Waals surface area contributed by atoms with E-state index in [2.05, 4.69) is 11.9 Å². The monoisotopic (exact) mass is 424 g/mol. The van der Waals surface area contributed by atoms with Crippen molar-refractivity contribution in [2.75, 3.05) is 33.0 Å². The van der Waals surface area contributed by atoms with Gasteiger partial charge in [-0.2, -0.15) is 0 Å². The van der Waals surface area contributed by atoms with Gasteiger partial charge in [-0.3, -0.25) is 14.7 Å². The number of fused-ring (bicyclic) bond motifs is 1. The minimum atomic E-state index is -1.65. The van der Waals surface area contributed by atoms with Crippen molar-refractivity contribution in [2.24, 2.45) is 10.4 Å². The van der Waals surface area contributed by atoms with Gasteiger partial charge in [-0.1, -0.05) is 34.1 Å². The van der Waals surface area contributed by atoms with Gasteiger partial charge in [0.25, 0.3) is 5.91 Å². The third-order valence-corrected chi connectivity index (χ3v) is 5.31. The Balaban J connectivity index is 2.26. The molecule has 8 nitrogen and oxygen atoms in total. The predicted molar refractivity (Wildman–Crippen MR) is 113 cm³/mol. The average molecular weight is 425 g/mol. The molecule has 0 aromatic rings. The maximum absolute atomic E-state index is 13.3. The van der Waals surface area contributed by atoms with Gasteiger partial charge in [-0.15, -0.1) is 0 Å². The van der Waals surface area contributed by atoms with E-state index < -0.39 is 29.1 Å². The fourth-order valence-electron chi connectivity index (χ4n) is 3.74. The molecule has 8 heteroatoms. The Bertz CT molecular complexity index is 709. The van der Waals surface area contributed by atoms with Crippen LogP contribution in [0.2, 0.25) is 0 Å². The first-order chi connectivity index (χ1) is 14.1.